The van der Waals surface area contributed by atoms with Gasteiger partial charge in [0.15, 0.2) is 0 Å². The molecule has 0 saturated carbocycles. The van der Waals surface area contributed by atoms with E-state index in [0.29, 0.717) is 54.7 Å². The van der Waals surface area contributed by atoms with Crippen LogP contribution in [-0.4, -0.2) is 47.7 Å². The third-order valence-electron chi connectivity index (χ3n) is 7.25. The lowest BCUT2D eigenvalue weighted by Gasteiger charge is -2.37. The zero-order valence-electron chi connectivity index (χ0n) is 21.5. The normalized spacial score (nSPS) is 18.8. The number of carboxylic acid groups (broad SMARTS) is 1. The monoisotopic (exact) mass is 542 g/mol. The molecule has 1 aromatic heterocycles. The number of fused-ring (bicyclic) bond motifs is 1. The van der Waals surface area contributed by atoms with Crippen LogP contribution in [0.2, 0.25) is 0 Å². The van der Waals surface area contributed by atoms with Crippen molar-refractivity contribution in [2.75, 3.05) is 26.7 Å². The van der Waals surface area contributed by atoms with E-state index in [1.54, 1.807) is 37.6 Å². The van der Waals surface area contributed by atoms with Gasteiger partial charge in [0.2, 0.25) is 0 Å². The summed E-state index contributed by atoms with van der Waals surface area (Å²) in [6.07, 6.45) is -2.62. The van der Waals surface area contributed by atoms with E-state index in [0.717, 1.165) is 12.1 Å². The first-order chi connectivity index (χ1) is 18.6. The van der Waals surface area contributed by atoms with Gasteiger partial charge in [0.05, 0.1) is 24.7 Å². The molecule has 2 aromatic carbocycles. The van der Waals surface area contributed by atoms with Gasteiger partial charge in [-0.15, -0.1) is 0 Å². The topological polar surface area (TPSA) is 62.7 Å². The Morgan fingerprint density at radius 1 is 1.21 bits per heavy atom. The Morgan fingerprint density at radius 3 is 2.77 bits per heavy atom. The second-order valence-corrected chi connectivity index (χ2v) is 9.85. The first kappa shape index (κ1) is 28.4. The van der Waals surface area contributed by atoms with Crippen LogP contribution in [0.5, 0.6) is 5.75 Å². The highest BCUT2D eigenvalue weighted by atomic mass is 19.4. The largest absolute Gasteiger partial charge is 0.497 e. The molecule has 3 atom stereocenters. The van der Waals surface area contributed by atoms with Gasteiger partial charge in [0.25, 0.3) is 0 Å². The van der Waals surface area contributed by atoms with Gasteiger partial charge < -0.3 is 9.84 Å². The number of aromatic nitrogens is 1. The third kappa shape index (κ3) is 7.48. The van der Waals surface area contributed by atoms with Gasteiger partial charge in [-0.25, -0.2) is 4.39 Å². The van der Waals surface area contributed by atoms with Crippen molar-refractivity contribution in [2.45, 2.75) is 38.0 Å². The molecule has 4 rings (SSSR count). The first-order valence-electron chi connectivity index (χ1n) is 12.8. The Hall–Kier alpha value is -3.64. The fourth-order valence-electron chi connectivity index (χ4n) is 5.22. The van der Waals surface area contributed by atoms with E-state index < -0.39 is 23.9 Å². The van der Waals surface area contributed by atoms with Crippen molar-refractivity contribution >= 4 is 16.9 Å². The summed E-state index contributed by atoms with van der Waals surface area (Å²) >= 11 is 0. The molecule has 0 amide bonds. The van der Waals surface area contributed by atoms with Crippen LogP contribution in [0.15, 0.2) is 54.7 Å². The lowest BCUT2D eigenvalue weighted by atomic mass is 9.79. The smallest absolute Gasteiger partial charge is 0.416 e. The van der Waals surface area contributed by atoms with Crippen molar-refractivity contribution in [1.82, 2.24) is 9.88 Å². The SMILES string of the molecule is COc1ccc2nccc(C(F)CC[C@@H]3CCN(CC#Cc4cccc(C(F)(F)F)c4)C[C@@H]3CC(=O)O)c2c1. The number of hydrogen-bond acceptors (Lipinski definition) is 4. The van der Waals surface area contributed by atoms with Crippen LogP contribution in [0.4, 0.5) is 17.6 Å². The summed E-state index contributed by atoms with van der Waals surface area (Å²) in [5, 5.41) is 10.2. The molecule has 0 bridgehead atoms. The molecule has 39 heavy (non-hydrogen) atoms. The maximum absolute atomic E-state index is 15.5. The molecule has 0 aliphatic carbocycles. The van der Waals surface area contributed by atoms with Crippen molar-refractivity contribution in [3.8, 4) is 17.6 Å². The molecule has 0 radical (unpaired) electrons. The summed E-state index contributed by atoms with van der Waals surface area (Å²) in [7, 11) is 1.55. The van der Waals surface area contributed by atoms with Crippen molar-refractivity contribution < 1.29 is 32.2 Å². The molecule has 9 heteroatoms. The van der Waals surface area contributed by atoms with E-state index in [4.69, 9.17) is 4.74 Å². The Balaban J connectivity index is 1.38. The second-order valence-electron chi connectivity index (χ2n) is 9.85. The lowest BCUT2D eigenvalue weighted by molar-refractivity contribution is -0.139. The van der Waals surface area contributed by atoms with Crippen LogP contribution in [0.1, 0.15) is 48.5 Å². The highest BCUT2D eigenvalue weighted by Crippen LogP contribution is 2.36. The number of piperidine rings is 1. The summed E-state index contributed by atoms with van der Waals surface area (Å²) in [5.74, 6) is 5.27. The molecular formula is C30H30F4N2O3. The number of nitrogens with zero attached hydrogens (tertiary/aromatic N) is 2. The number of hydrogen-bond donors (Lipinski definition) is 1. The van der Waals surface area contributed by atoms with E-state index in [2.05, 4.69) is 16.8 Å². The molecule has 1 aliphatic rings. The van der Waals surface area contributed by atoms with Crippen LogP contribution in [0, 0.1) is 23.7 Å². The minimum atomic E-state index is -4.43. The van der Waals surface area contributed by atoms with Gasteiger partial charge in [-0.2, -0.15) is 13.2 Å². The lowest BCUT2D eigenvalue weighted by Crippen LogP contribution is -2.41. The van der Waals surface area contributed by atoms with E-state index in [-0.39, 0.29) is 30.2 Å². The van der Waals surface area contributed by atoms with Crippen molar-refractivity contribution in [2.24, 2.45) is 11.8 Å². The van der Waals surface area contributed by atoms with Gasteiger partial charge in [-0.3, -0.25) is 14.7 Å². The number of methoxy groups -OCH3 is 1. The summed E-state index contributed by atoms with van der Waals surface area (Å²) in [4.78, 5) is 17.9. The van der Waals surface area contributed by atoms with Gasteiger partial charge in [0.1, 0.15) is 11.9 Å². The molecule has 1 saturated heterocycles. The Kier molecular flexibility index (Phi) is 9.08. The fourth-order valence-corrected chi connectivity index (χ4v) is 5.22. The highest BCUT2D eigenvalue weighted by molar-refractivity contribution is 5.83. The van der Waals surface area contributed by atoms with Gasteiger partial charge in [-0.1, -0.05) is 17.9 Å². The van der Waals surface area contributed by atoms with Crippen LogP contribution in [0.25, 0.3) is 10.9 Å². The number of ether oxygens (including phenoxy) is 1. The average Bonchev–Trinajstić information content (AvgIpc) is 2.91. The van der Waals surface area contributed by atoms with E-state index in [1.165, 1.54) is 12.1 Å². The quantitative estimate of drug-likeness (QED) is 0.260. The minimum absolute atomic E-state index is 0.0332. The number of pyridine rings is 1. The molecule has 3 aromatic rings. The maximum Gasteiger partial charge on any atom is 0.416 e. The number of rotatable bonds is 8. The van der Waals surface area contributed by atoms with Crippen LogP contribution < -0.4 is 4.74 Å². The van der Waals surface area contributed by atoms with E-state index in [1.807, 2.05) is 4.90 Å². The van der Waals surface area contributed by atoms with Crippen molar-refractivity contribution in [3.63, 3.8) is 0 Å². The molecule has 1 unspecified atom stereocenters. The third-order valence-corrected chi connectivity index (χ3v) is 7.25. The standard InChI is InChI=1S/C30H30F4N2O3/c1-39-24-8-10-28-26(18-24)25(11-13-35-28)27(31)9-7-21-12-15-36(19-22(21)17-29(37)38)14-3-5-20-4-2-6-23(16-20)30(32,33)34/h2,4,6,8,10-11,13,16,18,21-22,27H,7,9,12,14-15,17,19H2,1H3,(H,37,38)/t21-,22+,27?/m1/s1. The number of benzene rings is 2. The van der Waals surface area contributed by atoms with Crippen molar-refractivity contribution in [1.29, 1.82) is 0 Å². The number of aliphatic carboxylic acids is 1. The van der Waals surface area contributed by atoms with Gasteiger partial charge in [0, 0.05) is 30.1 Å². The Bertz CT molecular complexity index is 1370. The first-order valence-corrected chi connectivity index (χ1v) is 12.8. The molecular weight excluding hydrogens is 512 g/mol. The Labute approximate surface area is 224 Å². The number of carboxylic acids is 1. The zero-order chi connectivity index (χ0) is 28.0. The van der Waals surface area contributed by atoms with Gasteiger partial charge in [-0.05, 0) is 85.7 Å². The van der Waals surface area contributed by atoms with Crippen molar-refractivity contribution in [3.05, 3.63) is 71.4 Å². The second kappa shape index (κ2) is 12.5. The summed E-state index contributed by atoms with van der Waals surface area (Å²) in [5.41, 5.74) is 0.744. The molecule has 206 valence electrons. The maximum atomic E-state index is 15.5. The predicted octanol–water partition coefficient (Wildman–Crippen LogP) is 6.52. The molecule has 0 spiro atoms. The fraction of sp³-hybridized carbons (Fsp3) is 0.400. The van der Waals surface area contributed by atoms with Gasteiger partial charge >= 0.3 is 12.1 Å². The van der Waals surface area contributed by atoms with Crippen LogP contribution in [-0.2, 0) is 11.0 Å². The Morgan fingerprint density at radius 2 is 2.03 bits per heavy atom. The molecule has 1 fully saturated rings. The average molecular weight is 543 g/mol. The number of alkyl halides is 4. The van der Waals surface area contributed by atoms with Crippen LogP contribution >= 0.6 is 0 Å². The number of carbonyl (C=O) groups is 1. The molecule has 5 nitrogen and oxygen atoms in total. The highest BCUT2D eigenvalue weighted by Gasteiger charge is 2.32. The molecule has 1 aliphatic heterocycles. The molecule has 2 heterocycles. The number of likely N-dealkylation sites (tertiary alicyclic amines) is 1. The number of halogens is 4. The van der Waals surface area contributed by atoms with E-state index >= 15 is 4.39 Å². The van der Waals surface area contributed by atoms with E-state index in [9.17, 15) is 23.1 Å². The summed E-state index contributed by atoms with van der Waals surface area (Å²) < 4.78 is 59.6. The predicted molar refractivity (Wildman–Crippen MR) is 140 cm³/mol. The van der Waals surface area contributed by atoms with Crippen LogP contribution in [0.3, 0.4) is 0 Å². The molecule has 1 N–H and O–H groups in total. The summed E-state index contributed by atoms with van der Waals surface area (Å²) in [6, 6.07) is 11.9. The zero-order valence-corrected chi connectivity index (χ0v) is 21.5. The minimum Gasteiger partial charge on any atom is -0.497 e. The summed E-state index contributed by atoms with van der Waals surface area (Å²) in [6.45, 7) is 1.46.